The standard InChI is InChI=1S/C12H11BrFN3O/c1-6-11(13)7(2)17(16-6)9-5-3-4-8(14)10(9)12(15)18/h3-5H,1-2H3,(H2,15,18). The largest absolute Gasteiger partial charge is 0.365 e. The number of nitrogens with two attached hydrogens (primary N) is 1. The van der Waals surface area contributed by atoms with Gasteiger partial charge in [0.25, 0.3) is 5.91 Å². The van der Waals surface area contributed by atoms with Gasteiger partial charge in [-0.2, -0.15) is 5.10 Å². The van der Waals surface area contributed by atoms with Crippen molar-refractivity contribution in [2.75, 3.05) is 0 Å². The van der Waals surface area contributed by atoms with Crippen LogP contribution in [0.15, 0.2) is 22.7 Å². The molecule has 1 aromatic heterocycles. The third kappa shape index (κ3) is 1.92. The summed E-state index contributed by atoms with van der Waals surface area (Å²) in [6, 6.07) is 4.32. The van der Waals surface area contributed by atoms with Gasteiger partial charge in [0.05, 0.1) is 21.5 Å². The molecular weight excluding hydrogens is 301 g/mol. The van der Waals surface area contributed by atoms with E-state index in [1.165, 1.54) is 16.8 Å². The second-order valence-electron chi connectivity index (χ2n) is 3.89. The molecule has 0 atom stereocenters. The SMILES string of the molecule is Cc1nn(-c2cccc(F)c2C(N)=O)c(C)c1Br. The zero-order valence-electron chi connectivity index (χ0n) is 9.87. The number of carbonyl (C=O) groups excluding carboxylic acids is 1. The van der Waals surface area contributed by atoms with Crippen LogP contribution < -0.4 is 5.73 Å². The summed E-state index contributed by atoms with van der Waals surface area (Å²) >= 11 is 3.38. The molecule has 1 aromatic carbocycles. The van der Waals surface area contributed by atoms with E-state index in [-0.39, 0.29) is 5.56 Å². The highest BCUT2D eigenvalue weighted by Crippen LogP contribution is 2.25. The fourth-order valence-corrected chi connectivity index (χ4v) is 2.04. The highest BCUT2D eigenvalue weighted by Gasteiger charge is 2.18. The maximum absolute atomic E-state index is 13.7. The Morgan fingerprint density at radius 1 is 1.44 bits per heavy atom. The van der Waals surface area contributed by atoms with Crippen LogP contribution in [0.1, 0.15) is 21.7 Å². The first-order valence-corrected chi connectivity index (χ1v) is 6.03. The van der Waals surface area contributed by atoms with E-state index in [1.54, 1.807) is 6.07 Å². The Balaban J connectivity index is 2.75. The molecule has 0 bridgehead atoms. The van der Waals surface area contributed by atoms with Crippen molar-refractivity contribution in [1.82, 2.24) is 9.78 Å². The van der Waals surface area contributed by atoms with Crippen molar-refractivity contribution in [3.63, 3.8) is 0 Å². The van der Waals surface area contributed by atoms with Gasteiger partial charge in [0.2, 0.25) is 0 Å². The lowest BCUT2D eigenvalue weighted by atomic mass is 10.1. The quantitative estimate of drug-likeness (QED) is 0.926. The monoisotopic (exact) mass is 311 g/mol. The van der Waals surface area contributed by atoms with E-state index in [4.69, 9.17) is 5.73 Å². The summed E-state index contributed by atoms with van der Waals surface area (Å²) < 4.78 is 16.0. The third-order valence-electron chi connectivity index (χ3n) is 2.67. The fraction of sp³-hybridized carbons (Fsp3) is 0.167. The molecule has 0 saturated heterocycles. The van der Waals surface area contributed by atoms with Crippen molar-refractivity contribution in [3.8, 4) is 5.69 Å². The van der Waals surface area contributed by atoms with Crippen LogP contribution in [-0.4, -0.2) is 15.7 Å². The average molecular weight is 312 g/mol. The van der Waals surface area contributed by atoms with Gasteiger partial charge in [-0.25, -0.2) is 9.07 Å². The second-order valence-corrected chi connectivity index (χ2v) is 4.69. The molecule has 1 heterocycles. The summed E-state index contributed by atoms with van der Waals surface area (Å²) in [6.45, 7) is 3.64. The van der Waals surface area contributed by atoms with Crippen LogP contribution >= 0.6 is 15.9 Å². The summed E-state index contributed by atoms with van der Waals surface area (Å²) in [5, 5.41) is 4.26. The molecule has 0 aliphatic heterocycles. The van der Waals surface area contributed by atoms with Gasteiger partial charge in [0, 0.05) is 0 Å². The molecule has 0 unspecified atom stereocenters. The molecule has 2 aromatic rings. The van der Waals surface area contributed by atoms with Gasteiger partial charge in [-0.05, 0) is 41.9 Å². The maximum atomic E-state index is 13.7. The van der Waals surface area contributed by atoms with Gasteiger partial charge in [-0.3, -0.25) is 4.79 Å². The number of primary amides is 1. The number of rotatable bonds is 2. The number of aromatic nitrogens is 2. The molecule has 2 rings (SSSR count). The van der Waals surface area contributed by atoms with Crippen molar-refractivity contribution in [2.45, 2.75) is 13.8 Å². The van der Waals surface area contributed by atoms with Crippen molar-refractivity contribution in [1.29, 1.82) is 0 Å². The Kier molecular flexibility index (Phi) is 3.21. The first-order chi connectivity index (χ1) is 8.43. The zero-order chi connectivity index (χ0) is 13.4. The third-order valence-corrected chi connectivity index (χ3v) is 3.82. The number of nitrogens with zero attached hydrogens (tertiary/aromatic N) is 2. The number of halogens is 2. The number of hydrogen-bond acceptors (Lipinski definition) is 2. The summed E-state index contributed by atoms with van der Waals surface area (Å²) in [7, 11) is 0. The van der Waals surface area contributed by atoms with Crippen molar-refractivity contribution in [2.24, 2.45) is 5.73 Å². The number of amides is 1. The van der Waals surface area contributed by atoms with Crippen molar-refractivity contribution in [3.05, 3.63) is 45.4 Å². The van der Waals surface area contributed by atoms with Gasteiger partial charge < -0.3 is 5.73 Å². The predicted octanol–water partition coefficient (Wildman–Crippen LogP) is 2.49. The topological polar surface area (TPSA) is 60.9 Å². The molecule has 0 spiro atoms. The highest BCUT2D eigenvalue weighted by atomic mass is 79.9. The Morgan fingerprint density at radius 2 is 2.11 bits per heavy atom. The minimum atomic E-state index is -0.813. The molecule has 0 fully saturated rings. The summed E-state index contributed by atoms with van der Waals surface area (Å²) in [5.41, 5.74) is 6.94. The minimum Gasteiger partial charge on any atom is -0.365 e. The fourth-order valence-electron chi connectivity index (χ4n) is 1.79. The van der Waals surface area contributed by atoms with Gasteiger partial charge in [-0.1, -0.05) is 6.07 Å². The number of hydrogen-bond donors (Lipinski definition) is 1. The Bertz CT molecular complexity index is 636. The molecule has 1 amide bonds. The molecule has 0 aliphatic carbocycles. The lowest BCUT2D eigenvalue weighted by molar-refractivity contribution is 0.0996. The van der Waals surface area contributed by atoms with Crippen LogP contribution in [0.25, 0.3) is 5.69 Å². The van der Waals surface area contributed by atoms with Crippen LogP contribution in [0.4, 0.5) is 4.39 Å². The second kappa shape index (κ2) is 4.53. The van der Waals surface area contributed by atoms with E-state index in [2.05, 4.69) is 21.0 Å². The first kappa shape index (κ1) is 12.8. The molecule has 6 heteroatoms. The maximum Gasteiger partial charge on any atom is 0.253 e. The minimum absolute atomic E-state index is 0.157. The van der Waals surface area contributed by atoms with Crippen molar-refractivity contribution >= 4 is 21.8 Å². The molecule has 0 aliphatic rings. The van der Waals surface area contributed by atoms with Crippen LogP contribution in [0.2, 0.25) is 0 Å². The lowest BCUT2D eigenvalue weighted by Crippen LogP contribution is -2.17. The van der Waals surface area contributed by atoms with Gasteiger partial charge >= 0.3 is 0 Å². The smallest absolute Gasteiger partial charge is 0.253 e. The summed E-state index contributed by atoms with van der Waals surface area (Å²) in [4.78, 5) is 11.3. The van der Waals surface area contributed by atoms with Crippen LogP contribution in [0.5, 0.6) is 0 Å². The van der Waals surface area contributed by atoms with Crippen molar-refractivity contribution < 1.29 is 9.18 Å². The molecule has 0 saturated carbocycles. The molecular formula is C12H11BrFN3O. The molecule has 0 radical (unpaired) electrons. The van der Waals surface area contributed by atoms with E-state index in [0.29, 0.717) is 5.69 Å². The highest BCUT2D eigenvalue weighted by molar-refractivity contribution is 9.10. The lowest BCUT2D eigenvalue weighted by Gasteiger charge is -2.09. The Hall–Kier alpha value is -1.69. The molecule has 94 valence electrons. The summed E-state index contributed by atoms with van der Waals surface area (Å²) in [5.74, 6) is -1.46. The Labute approximate surface area is 112 Å². The zero-order valence-corrected chi connectivity index (χ0v) is 11.5. The molecule has 18 heavy (non-hydrogen) atoms. The number of carbonyl (C=O) groups is 1. The average Bonchev–Trinajstić information content (AvgIpc) is 2.56. The van der Waals surface area contributed by atoms with Gasteiger partial charge in [0.15, 0.2) is 0 Å². The van der Waals surface area contributed by atoms with E-state index < -0.39 is 11.7 Å². The number of benzene rings is 1. The Morgan fingerprint density at radius 3 is 2.61 bits per heavy atom. The molecule has 2 N–H and O–H groups in total. The van der Waals surface area contributed by atoms with Crippen LogP contribution in [0.3, 0.4) is 0 Å². The van der Waals surface area contributed by atoms with E-state index in [1.807, 2.05) is 13.8 Å². The van der Waals surface area contributed by atoms with Crippen LogP contribution in [0, 0.1) is 19.7 Å². The summed E-state index contributed by atoms with van der Waals surface area (Å²) in [6.07, 6.45) is 0. The van der Waals surface area contributed by atoms with Gasteiger partial charge in [-0.15, -0.1) is 0 Å². The van der Waals surface area contributed by atoms with Crippen LogP contribution in [-0.2, 0) is 0 Å². The van der Waals surface area contributed by atoms with E-state index >= 15 is 0 Å². The first-order valence-electron chi connectivity index (χ1n) is 5.24. The normalized spacial score (nSPS) is 10.7. The number of aryl methyl sites for hydroxylation is 1. The molecule has 4 nitrogen and oxygen atoms in total. The van der Waals surface area contributed by atoms with Gasteiger partial charge in [0.1, 0.15) is 11.4 Å². The van der Waals surface area contributed by atoms with E-state index in [9.17, 15) is 9.18 Å². The van der Waals surface area contributed by atoms with E-state index in [0.717, 1.165) is 15.9 Å². The predicted molar refractivity (Wildman–Crippen MR) is 69.2 cm³/mol.